The van der Waals surface area contributed by atoms with Crippen LogP contribution in [-0.2, 0) is 0 Å². The summed E-state index contributed by atoms with van der Waals surface area (Å²) in [7, 11) is 0. The molecule has 7 heteroatoms. The number of amides is 1. The number of thiazole rings is 1. The molecule has 2 heterocycles. The number of rotatable bonds is 4. The lowest BCUT2D eigenvalue weighted by Gasteiger charge is -2.30. The van der Waals surface area contributed by atoms with Crippen molar-refractivity contribution in [1.82, 2.24) is 9.88 Å². The minimum Gasteiger partial charge on any atom is -0.508 e. The zero-order valence-electron chi connectivity index (χ0n) is 15.5. The smallest absolute Gasteiger partial charge is 0.273 e. The molecule has 0 unspecified atom stereocenters. The van der Waals surface area contributed by atoms with Gasteiger partial charge in [-0.1, -0.05) is 23.7 Å². The zero-order valence-corrected chi connectivity index (χ0v) is 17.1. The van der Waals surface area contributed by atoms with Crippen molar-refractivity contribution in [3.63, 3.8) is 0 Å². The van der Waals surface area contributed by atoms with Crippen molar-refractivity contribution in [2.45, 2.75) is 12.8 Å². The summed E-state index contributed by atoms with van der Waals surface area (Å²) in [6, 6.07) is 13.7. The van der Waals surface area contributed by atoms with E-state index in [0.29, 0.717) is 42.2 Å². The van der Waals surface area contributed by atoms with Crippen molar-refractivity contribution < 1.29 is 14.7 Å². The van der Waals surface area contributed by atoms with Gasteiger partial charge in [-0.05, 0) is 49.2 Å². The first kappa shape index (κ1) is 19.6. The average molecular weight is 427 g/mol. The van der Waals surface area contributed by atoms with E-state index in [1.807, 2.05) is 18.2 Å². The Bertz CT molecular complexity index is 1040. The van der Waals surface area contributed by atoms with Crippen molar-refractivity contribution >= 4 is 34.6 Å². The van der Waals surface area contributed by atoms with Crippen molar-refractivity contribution in [3.05, 3.63) is 70.2 Å². The van der Waals surface area contributed by atoms with E-state index in [9.17, 15) is 14.7 Å². The maximum absolute atomic E-state index is 12.8. The molecule has 5 nitrogen and oxygen atoms in total. The maximum Gasteiger partial charge on any atom is 0.273 e. The highest BCUT2D eigenvalue weighted by atomic mass is 35.5. The molecule has 0 radical (unpaired) electrons. The molecule has 4 rings (SSSR count). The fourth-order valence-electron chi connectivity index (χ4n) is 3.49. The van der Waals surface area contributed by atoms with Gasteiger partial charge in [0.1, 0.15) is 16.5 Å². The standard InChI is InChI=1S/C22H19ClN2O3S/c23-17-3-1-2-16(12-17)21-24-19(13-29-21)22(28)25-10-8-15(9-11-25)20(27)14-4-6-18(26)7-5-14/h1-7,12-13,15,26H,8-11H2. The van der Waals surface area contributed by atoms with Gasteiger partial charge in [-0.3, -0.25) is 9.59 Å². The van der Waals surface area contributed by atoms with E-state index >= 15 is 0 Å². The number of phenolic OH excluding ortho intramolecular Hbond substituents is 1. The largest absolute Gasteiger partial charge is 0.508 e. The van der Waals surface area contributed by atoms with E-state index in [4.69, 9.17) is 11.6 Å². The number of piperidine rings is 1. The van der Waals surface area contributed by atoms with Crippen LogP contribution < -0.4 is 0 Å². The molecule has 1 aliphatic heterocycles. The molecule has 3 aromatic rings. The van der Waals surface area contributed by atoms with E-state index in [1.54, 1.807) is 28.5 Å². The summed E-state index contributed by atoms with van der Waals surface area (Å²) in [4.78, 5) is 31.7. The van der Waals surface area contributed by atoms with E-state index in [1.165, 1.54) is 23.5 Å². The molecule has 1 aliphatic rings. The minimum atomic E-state index is -0.110. The third-order valence-electron chi connectivity index (χ3n) is 5.10. The van der Waals surface area contributed by atoms with E-state index in [-0.39, 0.29) is 23.4 Å². The number of aromatic nitrogens is 1. The second-order valence-corrected chi connectivity index (χ2v) is 8.32. The Balaban J connectivity index is 1.39. The predicted molar refractivity (Wildman–Crippen MR) is 114 cm³/mol. The lowest BCUT2D eigenvalue weighted by molar-refractivity contribution is 0.0646. The number of likely N-dealkylation sites (tertiary alicyclic amines) is 1. The molecule has 0 atom stereocenters. The van der Waals surface area contributed by atoms with Crippen LogP contribution in [0, 0.1) is 5.92 Å². The number of ketones is 1. The Morgan fingerprint density at radius 2 is 1.83 bits per heavy atom. The van der Waals surface area contributed by atoms with Gasteiger partial charge in [0.2, 0.25) is 0 Å². The summed E-state index contributed by atoms with van der Waals surface area (Å²) in [5.74, 6) is -0.0116. The van der Waals surface area contributed by atoms with Crippen LogP contribution in [-0.4, -0.2) is 39.8 Å². The van der Waals surface area contributed by atoms with E-state index in [2.05, 4.69) is 4.98 Å². The number of carbonyl (C=O) groups excluding carboxylic acids is 2. The highest BCUT2D eigenvalue weighted by Crippen LogP contribution is 2.28. The highest BCUT2D eigenvalue weighted by Gasteiger charge is 2.29. The molecule has 1 amide bonds. The molecule has 0 spiro atoms. The van der Waals surface area contributed by atoms with Crippen molar-refractivity contribution in [2.24, 2.45) is 5.92 Å². The molecule has 1 fully saturated rings. The summed E-state index contributed by atoms with van der Waals surface area (Å²) >= 11 is 7.45. The van der Waals surface area contributed by atoms with Gasteiger partial charge in [-0.15, -0.1) is 11.3 Å². The molecular formula is C22H19ClN2O3S. The maximum atomic E-state index is 12.8. The Morgan fingerprint density at radius 1 is 1.10 bits per heavy atom. The van der Waals surface area contributed by atoms with E-state index < -0.39 is 0 Å². The summed E-state index contributed by atoms with van der Waals surface area (Å²) in [5.41, 5.74) is 1.91. The Kier molecular flexibility index (Phi) is 5.65. The van der Waals surface area contributed by atoms with Gasteiger partial charge in [0, 0.05) is 40.5 Å². The van der Waals surface area contributed by atoms with Gasteiger partial charge in [0.05, 0.1) is 0 Å². The van der Waals surface area contributed by atoms with Gasteiger partial charge in [0.25, 0.3) is 5.91 Å². The molecule has 1 N–H and O–H groups in total. The number of aromatic hydroxyl groups is 1. The number of Topliss-reactive ketones (excluding diaryl/α,β-unsaturated/α-hetero) is 1. The SMILES string of the molecule is O=C(c1ccc(O)cc1)C1CCN(C(=O)c2csc(-c3cccc(Cl)c3)n2)CC1. The van der Waals surface area contributed by atoms with E-state index in [0.717, 1.165) is 10.6 Å². The second-order valence-electron chi connectivity index (χ2n) is 7.03. The molecule has 2 aromatic carbocycles. The zero-order chi connectivity index (χ0) is 20.4. The first-order valence-corrected chi connectivity index (χ1v) is 10.6. The van der Waals surface area contributed by atoms with Crippen molar-refractivity contribution in [2.75, 3.05) is 13.1 Å². The molecule has 148 valence electrons. The lowest BCUT2D eigenvalue weighted by Crippen LogP contribution is -2.40. The highest BCUT2D eigenvalue weighted by molar-refractivity contribution is 7.13. The number of phenols is 1. The predicted octanol–water partition coefficient (Wildman–Crippen LogP) is 4.90. The summed E-state index contributed by atoms with van der Waals surface area (Å²) in [6.45, 7) is 1.05. The normalized spacial score (nSPS) is 14.7. The molecule has 0 aliphatic carbocycles. The van der Waals surface area contributed by atoms with Crippen LogP contribution in [0.25, 0.3) is 10.6 Å². The fourth-order valence-corrected chi connectivity index (χ4v) is 4.48. The molecule has 1 aromatic heterocycles. The molecular weight excluding hydrogens is 408 g/mol. The van der Waals surface area contributed by atoms with Crippen LogP contribution in [0.15, 0.2) is 53.9 Å². The topological polar surface area (TPSA) is 70.5 Å². The van der Waals surface area contributed by atoms with Gasteiger partial charge < -0.3 is 10.0 Å². The number of carbonyl (C=O) groups is 2. The second kappa shape index (κ2) is 8.35. The van der Waals surface area contributed by atoms with Crippen LogP contribution in [0.4, 0.5) is 0 Å². The quantitative estimate of drug-likeness (QED) is 0.602. The van der Waals surface area contributed by atoms with Gasteiger partial charge in [-0.2, -0.15) is 0 Å². The van der Waals surface area contributed by atoms with Gasteiger partial charge in [-0.25, -0.2) is 4.98 Å². The Morgan fingerprint density at radius 3 is 2.52 bits per heavy atom. The third kappa shape index (κ3) is 4.33. The summed E-state index contributed by atoms with van der Waals surface area (Å²) < 4.78 is 0. The van der Waals surface area contributed by atoms with Crippen LogP contribution in [0.3, 0.4) is 0 Å². The first-order chi connectivity index (χ1) is 14.0. The number of hydrogen-bond donors (Lipinski definition) is 1. The number of halogens is 1. The Hall–Kier alpha value is -2.70. The fraction of sp³-hybridized carbons (Fsp3) is 0.227. The summed E-state index contributed by atoms with van der Waals surface area (Å²) in [6.07, 6.45) is 1.24. The van der Waals surface area contributed by atoms with Gasteiger partial charge in [0.15, 0.2) is 5.78 Å². The average Bonchev–Trinajstić information content (AvgIpc) is 3.24. The molecule has 0 saturated carbocycles. The van der Waals surface area contributed by atoms with Crippen LogP contribution in [0.2, 0.25) is 5.02 Å². The number of nitrogens with zero attached hydrogens (tertiary/aromatic N) is 2. The van der Waals surface area contributed by atoms with Crippen LogP contribution in [0.1, 0.15) is 33.7 Å². The molecule has 29 heavy (non-hydrogen) atoms. The first-order valence-electron chi connectivity index (χ1n) is 9.35. The minimum absolute atomic E-state index is 0.0639. The van der Waals surface area contributed by atoms with Crippen molar-refractivity contribution in [3.8, 4) is 16.3 Å². The number of benzene rings is 2. The molecule has 0 bridgehead atoms. The van der Waals surface area contributed by atoms with Gasteiger partial charge >= 0.3 is 0 Å². The molecule has 1 saturated heterocycles. The lowest BCUT2D eigenvalue weighted by atomic mass is 9.89. The van der Waals surface area contributed by atoms with Crippen LogP contribution in [0.5, 0.6) is 5.75 Å². The van der Waals surface area contributed by atoms with Crippen LogP contribution >= 0.6 is 22.9 Å². The third-order valence-corrected chi connectivity index (χ3v) is 6.23. The van der Waals surface area contributed by atoms with Crippen molar-refractivity contribution in [1.29, 1.82) is 0 Å². The number of hydrogen-bond acceptors (Lipinski definition) is 5. The monoisotopic (exact) mass is 426 g/mol. The Labute approximate surface area is 177 Å². The summed E-state index contributed by atoms with van der Waals surface area (Å²) in [5, 5.41) is 12.5.